The number of carbonyl (C=O) groups is 1. The highest BCUT2D eigenvalue weighted by Crippen LogP contribution is 2.27. The van der Waals surface area contributed by atoms with Crippen LogP contribution in [0.2, 0.25) is 0 Å². The lowest BCUT2D eigenvalue weighted by molar-refractivity contribution is -0.146. The van der Waals surface area contributed by atoms with E-state index in [4.69, 9.17) is 0 Å². The summed E-state index contributed by atoms with van der Waals surface area (Å²) >= 11 is 0. The van der Waals surface area contributed by atoms with Gasteiger partial charge in [0.2, 0.25) is 12.3 Å². The molecule has 1 heterocycles. The Morgan fingerprint density at radius 3 is 2.60 bits per heavy atom. The quantitative estimate of drug-likeness (QED) is 0.646. The maximum atomic E-state index is 12.2. The van der Waals surface area contributed by atoms with E-state index >= 15 is 0 Å². The lowest BCUT2D eigenvalue weighted by Crippen LogP contribution is -2.54. The van der Waals surface area contributed by atoms with Crippen molar-refractivity contribution in [2.24, 2.45) is 11.8 Å². The molecule has 0 bridgehead atoms. The number of rotatable bonds is 2. The van der Waals surface area contributed by atoms with E-state index in [-0.39, 0.29) is 24.9 Å². The molecule has 0 spiro atoms. The fourth-order valence-corrected chi connectivity index (χ4v) is 2.13. The number of nitrogens with zero attached hydrogens (tertiary/aromatic N) is 1. The molecule has 4 heteroatoms. The summed E-state index contributed by atoms with van der Waals surface area (Å²) in [6, 6.07) is 0. The van der Waals surface area contributed by atoms with Gasteiger partial charge in [0.25, 0.3) is 0 Å². The number of hydrogen-bond donors (Lipinski definition) is 0. The van der Waals surface area contributed by atoms with Gasteiger partial charge >= 0.3 is 0 Å². The van der Waals surface area contributed by atoms with Gasteiger partial charge in [-0.15, -0.1) is 0 Å². The minimum absolute atomic E-state index is 0.0358. The lowest BCUT2D eigenvalue weighted by atomic mass is 9.90. The zero-order chi connectivity index (χ0) is 10.8. The molecule has 1 atom stereocenters. The van der Waals surface area contributed by atoms with Crippen molar-refractivity contribution in [1.82, 2.24) is 4.90 Å². The van der Waals surface area contributed by atoms with Gasteiger partial charge in [-0.25, -0.2) is 8.78 Å². The second-order valence-electron chi connectivity index (χ2n) is 4.32. The van der Waals surface area contributed by atoms with Crippen LogP contribution in [0, 0.1) is 11.8 Å². The minimum Gasteiger partial charge on any atom is -0.341 e. The molecule has 2 rings (SSSR count). The van der Waals surface area contributed by atoms with Crippen molar-refractivity contribution in [2.75, 3.05) is 13.1 Å². The first-order valence-corrected chi connectivity index (χ1v) is 5.40. The third kappa shape index (κ3) is 2.19. The van der Waals surface area contributed by atoms with Crippen LogP contribution in [-0.2, 0) is 4.79 Å². The number of carbonyl (C=O) groups excluding carboxylic acids is 1. The van der Waals surface area contributed by atoms with Crippen molar-refractivity contribution in [3.05, 3.63) is 12.2 Å². The Hall–Kier alpha value is -0.930. The smallest absolute Gasteiger partial charge is 0.244 e. The lowest BCUT2D eigenvalue weighted by Gasteiger charge is -2.40. The summed E-state index contributed by atoms with van der Waals surface area (Å²) in [7, 11) is 0. The molecule has 2 nitrogen and oxygen atoms in total. The first kappa shape index (κ1) is 10.6. The summed E-state index contributed by atoms with van der Waals surface area (Å²) in [5.41, 5.74) is 0. The zero-order valence-electron chi connectivity index (χ0n) is 8.53. The van der Waals surface area contributed by atoms with Gasteiger partial charge in [-0.2, -0.15) is 0 Å². The average molecular weight is 215 g/mol. The molecule has 0 aromatic rings. The Morgan fingerprint density at radius 1 is 1.33 bits per heavy atom. The molecular formula is C11H15F2NO. The van der Waals surface area contributed by atoms with Crippen LogP contribution in [0.3, 0.4) is 0 Å². The highest BCUT2D eigenvalue weighted by molar-refractivity contribution is 5.80. The molecule has 1 amide bonds. The van der Waals surface area contributed by atoms with Crippen LogP contribution in [0.4, 0.5) is 8.78 Å². The van der Waals surface area contributed by atoms with Gasteiger partial charge < -0.3 is 4.90 Å². The second-order valence-corrected chi connectivity index (χ2v) is 4.32. The highest BCUT2D eigenvalue weighted by Gasteiger charge is 2.38. The minimum atomic E-state index is -2.28. The largest absolute Gasteiger partial charge is 0.341 e. The monoisotopic (exact) mass is 215 g/mol. The van der Waals surface area contributed by atoms with E-state index in [0.29, 0.717) is 0 Å². The van der Waals surface area contributed by atoms with Crippen molar-refractivity contribution in [3.8, 4) is 0 Å². The first-order valence-electron chi connectivity index (χ1n) is 5.40. The Balaban J connectivity index is 1.81. The molecule has 1 saturated heterocycles. The highest BCUT2D eigenvalue weighted by atomic mass is 19.3. The van der Waals surface area contributed by atoms with Crippen LogP contribution in [0.25, 0.3) is 0 Å². The maximum Gasteiger partial charge on any atom is 0.244 e. The molecular weight excluding hydrogens is 200 g/mol. The standard InChI is InChI=1S/C11H15F2NO/c12-10(13)9-6-14(7-9)11(15)8-4-2-1-3-5-8/h1-2,8-10H,3-7H2. The predicted molar refractivity (Wildman–Crippen MR) is 52.6 cm³/mol. The van der Waals surface area contributed by atoms with Crippen molar-refractivity contribution in [1.29, 1.82) is 0 Å². The first-order chi connectivity index (χ1) is 7.18. The van der Waals surface area contributed by atoms with E-state index in [1.54, 1.807) is 4.90 Å². The van der Waals surface area contributed by atoms with Gasteiger partial charge in [0.1, 0.15) is 0 Å². The SMILES string of the molecule is O=C(C1CC=CCC1)N1CC(C(F)F)C1. The van der Waals surface area contributed by atoms with Crippen LogP contribution >= 0.6 is 0 Å². The topological polar surface area (TPSA) is 20.3 Å². The maximum absolute atomic E-state index is 12.2. The number of halogens is 2. The van der Waals surface area contributed by atoms with Crippen LogP contribution in [-0.4, -0.2) is 30.3 Å². The van der Waals surface area contributed by atoms with Crippen molar-refractivity contribution in [2.45, 2.75) is 25.7 Å². The van der Waals surface area contributed by atoms with Gasteiger partial charge in [-0.05, 0) is 19.3 Å². The summed E-state index contributed by atoms with van der Waals surface area (Å²) < 4.78 is 24.4. The molecule has 1 fully saturated rings. The van der Waals surface area contributed by atoms with Gasteiger partial charge in [-0.1, -0.05) is 12.2 Å². The zero-order valence-corrected chi connectivity index (χ0v) is 8.53. The third-order valence-electron chi connectivity index (χ3n) is 3.20. The average Bonchev–Trinajstić information content (AvgIpc) is 2.16. The van der Waals surface area contributed by atoms with E-state index in [1.165, 1.54) is 0 Å². The number of allylic oxidation sites excluding steroid dienone is 2. The fraction of sp³-hybridized carbons (Fsp3) is 0.727. The van der Waals surface area contributed by atoms with Crippen molar-refractivity contribution >= 4 is 5.91 Å². The fourth-order valence-electron chi connectivity index (χ4n) is 2.13. The summed E-state index contributed by atoms with van der Waals surface area (Å²) in [4.78, 5) is 13.4. The Morgan fingerprint density at radius 2 is 2.07 bits per heavy atom. The van der Waals surface area contributed by atoms with Crippen LogP contribution in [0.1, 0.15) is 19.3 Å². The van der Waals surface area contributed by atoms with E-state index in [9.17, 15) is 13.6 Å². The Bertz CT molecular complexity index is 272. The van der Waals surface area contributed by atoms with E-state index in [1.807, 2.05) is 6.08 Å². The van der Waals surface area contributed by atoms with Crippen molar-refractivity contribution in [3.63, 3.8) is 0 Å². The molecule has 1 aliphatic heterocycles. The van der Waals surface area contributed by atoms with Crippen molar-refractivity contribution < 1.29 is 13.6 Å². The van der Waals surface area contributed by atoms with E-state index in [2.05, 4.69) is 6.08 Å². The molecule has 0 aromatic heterocycles. The van der Waals surface area contributed by atoms with Crippen LogP contribution in [0.5, 0.6) is 0 Å². The summed E-state index contributed by atoms with van der Waals surface area (Å²) in [5.74, 6) is -0.488. The molecule has 0 aromatic carbocycles. The van der Waals surface area contributed by atoms with Crippen LogP contribution in [0.15, 0.2) is 12.2 Å². The normalized spacial score (nSPS) is 26.9. The molecule has 0 N–H and O–H groups in total. The third-order valence-corrected chi connectivity index (χ3v) is 3.20. The Labute approximate surface area is 87.9 Å². The summed E-state index contributed by atoms with van der Waals surface area (Å²) in [6.07, 6.45) is 4.38. The van der Waals surface area contributed by atoms with Gasteiger partial charge in [0.05, 0.1) is 5.92 Å². The summed E-state index contributed by atoms with van der Waals surface area (Å²) in [6.45, 7) is 0.493. The molecule has 84 valence electrons. The number of likely N-dealkylation sites (tertiary alicyclic amines) is 1. The number of amides is 1. The molecule has 0 radical (unpaired) electrons. The van der Waals surface area contributed by atoms with Gasteiger partial charge in [-0.3, -0.25) is 4.79 Å². The number of alkyl halides is 2. The molecule has 1 unspecified atom stereocenters. The van der Waals surface area contributed by atoms with Gasteiger partial charge in [0, 0.05) is 19.0 Å². The molecule has 2 aliphatic rings. The predicted octanol–water partition coefficient (Wildman–Crippen LogP) is 2.07. The Kier molecular flexibility index (Phi) is 3.03. The second kappa shape index (κ2) is 4.29. The van der Waals surface area contributed by atoms with E-state index < -0.39 is 12.3 Å². The molecule has 15 heavy (non-hydrogen) atoms. The van der Waals surface area contributed by atoms with Crippen LogP contribution < -0.4 is 0 Å². The van der Waals surface area contributed by atoms with E-state index in [0.717, 1.165) is 19.3 Å². The molecule has 0 saturated carbocycles. The number of hydrogen-bond acceptors (Lipinski definition) is 1. The summed E-state index contributed by atoms with van der Waals surface area (Å²) in [5, 5.41) is 0. The molecule has 1 aliphatic carbocycles. The van der Waals surface area contributed by atoms with Gasteiger partial charge in [0.15, 0.2) is 0 Å².